The van der Waals surface area contributed by atoms with Crippen molar-refractivity contribution < 1.29 is 59.5 Å². The summed E-state index contributed by atoms with van der Waals surface area (Å²) >= 11 is 0. The van der Waals surface area contributed by atoms with Crippen LogP contribution in [0.2, 0.25) is 0 Å². The highest BCUT2D eigenvalue weighted by molar-refractivity contribution is 5.69. The number of rotatable bonds is 22. The summed E-state index contributed by atoms with van der Waals surface area (Å²) in [5.74, 6) is -2.95. The van der Waals surface area contributed by atoms with E-state index in [2.05, 4.69) is 6.92 Å². The van der Waals surface area contributed by atoms with Gasteiger partial charge in [0.15, 0.2) is 6.10 Å². The average Bonchev–Trinajstić information content (AvgIpc) is 3.23. The molecule has 0 spiro atoms. The summed E-state index contributed by atoms with van der Waals surface area (Å²) in [7, 11) is 0. The number of unbranched alkanes of at least 4 members (excludes halogenated alkanes) is 14. The summed E-state index contributed by atoms with van der Waals surface area (Å²) in [6.45, 7) is -0.146. The Kier molecular flexibility index (Phi) is 17.9. The quantitative estimate of drug-likeness (QED) is 0.0691. The van der Waals surface area contributed by atoms with Crippen LogP contribution in [-0.2, 0) is 23.7 Å². The van der Waals surface area contributed by atoms with E-state index in [-0.39, 0.29) is 6.42 Å². The highest BCUT2D eigenvalue weighted by Gasteiger charge is 2.59. The molecule has 0 aromatic carbocycles. The van der Waals surface area contributed by atoms with Crippen LogP contribution in [0.25, 0.3) is 0 Å². The number of aliphatic hydroxyl groups is 7. The number of hydrogen-bond donors (Lipinski definition) is 7. The van der Waals surface area contributed by atoms with Gasteiger partial charge in [-0.1, -0.05) is 96.8 Å². The maximum absolute atomic E-state index is 12.6. The second-order valence-corrected chi connectivity index (χ2v) is 11.7. The van der Waals surface area contributed by atoms with Gasteiger partial charge >= 0.3 is 5.97 Å². The first-order chi connectivity index (χ1) is 20.2. The third-order valence-electron chi connectivity index (χ3n) is 8.30. The molecule has 0 radical (unpaired) electrons. The SMILES string of the molecule is CCCCCCCCCCCCCCCCCC(=O)OC1[C@@H](O[C@]2(CO)O[C@H](CO)C(O)[C@H]2O)OC(CO)[C@@H](O)[C@H]1O. The molecule has 2 saturated heterocycles. The fourth-order valence-corrected chi connectivity index (χ4v) is 5.59. The summed E-state index contributed by atoms with van der Waals surface area (Å²) in [4.78, 5) is 12.6. The highest BCUT2D eigenvalue weighted by atomic mass is 16.8. The Labute approximate surface area is 249 Å². The van der Waals surface area contributed by atoms with E-state index in [4.69, 9.17) is 18.9 Å². The van der Waals surface area contributed by atoms with E-state index >= 15 is 0 Å². The predicted molar refractivity (Wildman–Crippen MR) is 152 cm³/mol. The third kappa shape index (κ3) is 11.2. The molecule has 2 rings (SSSR count). The Morgan fingerprint density at radius 2 is 1.19 bits per heavy atom. The van der Waals surface area contributed by atoms with Crippen molar-refractivity contribution in [3.05, 3.63) is 0 Å². The van der Waals surface area contributed by atoms with Crippen LogP contribution in [0.15, 0.2) is 0 Å². The molecule has 0 amide bonds. The number of ether oxygens (including phenoxy) is 4. The fourth-order valence-electron chi connectivity index (χ4n) is 5.59. The molecule has 0 bridgehead atoms. The topological polar surface area (TPSA) is 196 Å². The largest absolute Gasteiger partial charge is 0.454 e. The first kappa shape index (κ1) is 37.3. The van der Waals surface area contributed by atoms with Gasteiger partial charge in [-0.05, 0) is 6.42 Å². The van der Waals surface area contributed by atoms with Gasteiger partial charge in [-0.2, -0.15) is 0 Å². The molecule has 3 unspecified atom stereocenters. The Hall–Kier alpha value is -0.930. The molecule has 12 nitrogen and oxygen atoms in total. The number of carbonyl (C=O) groups is 1. The molecule has 9 atom stereocenters. The number of hydrogen-bond acceptors (Lipinski definition) is 12. The van der Waals surface area contributed by atoms with Crippen molar-refractivity contribution in [1.29, 1.82) is 0 Å². The van der Waals surface area contributed by atoms with Gasteiger partial charge in [-0.25, -0.2) is 0 Å². The van der Waals surface area contributed by atoms with Crippen molar-refractivity contribution in [1.82, 2.24) is 0 Å². The molecule has 2 fully saturated rings. The molecule has 12 heteroatoms. The molecule has 42 heavy (non-hydrogen) atoms. The van der Waals surface area contributed by atoms with Crippen LogP contribution in [-0.4, -0.2) is 116 Å². The lowest BCUT2D eigenvalue weighted by Crippen LogP contribution is -2.63. The van der Waals surface area contributed by atoms with Gasteiger partial charge in [0.1, 0.15) is 43.2 Å². The standard InChI is InChI=1S/C30H56O12/c1-2-3-4-5-6-7-8-9-10-11-12-13-14-15-16-17-23(34)40-27-26(37)24(35)21(18-31)39-29(27)42-30(20-33)28(38)25(36)22(19-32)41-30/h21-22,24-29,31-33,35-38H,2-20H2,1H3/t21?,22-,24-,25?,26-,27?,28-,29-,30+/m1/s1. The zero-order valence-electron chi connectivity index (χ0n) is 25.2. The maximum atomic E-state index is 12.6. The number of aliphatic hydroxyl groups excluding tert-OH is 7. The van der Waals surface area contributed by atoms with Crippen molar-refractivity contribution in [2.75, 3.05) is 19.8 Å². The Balaban J connectivity index is 1.73. The summed E-state index contributed by atoms with van der Waals surface area (Å²) in [6, 6.07) is 0. The predicted octanol–water partition coefficient (Wildman–Crippen LogP) is 1.42. The van der Waals surface area contributed by atoms with Gasteiger partial charge in [0.25, 0.3) is 0 Å². The number of carbonyl (C=O) groups excluding carboxylic acids is 1. The second-order valence-electron chi connectivity index (χ2n) is 11.7. The summed E-state index contributed by atoms with van der Waals surface area (Å²) in [5, 5.41) is 70.5. The van der Waals surface area contributed by atoms with Crippen LogP contribution in [0.5, 0.6) is 0 Å². The van der Waals surface area contributed by atoms with E-state index < -0.39 is 80.6 Å². The minimum atomic E-state index is -2.28. The Bertz CT molecular complexity index is 726. The summed E-state index contributed by atoms with van der Waals surface area (Å²) in [6.07, 6.45) is 5.19. The Morgan fingerprint density at radius 1 is 0.690 bits per heavy atom. The molecule has 0 aromatic heterocycles. The van der Waals surface area contributed by atoms with Gasteiger partial charge in [0, 0.05) is 6.42 Å². The monoisotopic (exact) mass is 608 g/mol. The summed E-state index contributed by atoms with van der Waals surface area (Å²) in [5.41, 5.74) is 0. The fraction of sp³-hybridized carbons (Fsp3) is 0.967. The van der Waals surface area contributed by atoms with E-state index in [1.807, 2.05) is 0 Å². The molecule has 2 aliphatic rings. The van der Waals surface area contributed by atoms with Crippen LogP contribution in [0, 0.1) is 0 Å². The zero-order chi connectivity index (χ0) is 31.0. The first-order valence-corrected chi connectivity index (χ1v) is 16.0. The first-order valence-electron chi connectivity index (χ1n) is 16.0. The van der Waals surface area contributed by atoms with Crippen molar-refractivity contribution in [2.24, 2.45) is 0 Å². The van der Waals surface area contributed by atoms with Gasteiger partial charge in [-0.3, -0.25) is 4.79 Å². The molecule has 7 N–H and O–H groups in total. The molecule has 2 aliphatic heterocycles. The van der Waals surface area contributed by atoms with E-state index in [1.165, 1.54) is 70.6 Å². The van der Waals surface area contributed by atoms with Gasteiger partial charge in [0.05, 0.1) is 13.2 Å². The van der Waals surface area contributed by atoms with Crippen LogP contribution >= 0.6 is 0 Å². The zero-order valence-corrected chi connectivity index (χ0v) is 25.2. The van der Waals surface area contributed by atoms with Crippen molar-refractivity contribution in [3.63, 3.8) is 0 Å². The van der Waals surface area contributed by atoms with Crippen LogP contribution in [0.3, 0.4) is 0 Å². The average molecular weight is 609 g/mol. The van der Waals surface area contributed by atoms with Gasteiger partial charge in [-0.15, -0.1) is 0 Å². The van der Waals surface area contributed by atoms with Crippen LogP contribution in [0.4, 0.5) is 0 Å². The highest BCUT2D eigenvalue weighted by Crippen LogP contribution is 2.36. The van der Waals surface area contributed by atoms with Gasteiger partial charge < -0.3 is 54.7 Å². The lowest BCUT2D eigenvalue weighted by atomic mass is 9.98. The molecule has 2 heterocycles. The van der Waals surface area contributed by atoms with Crippen molar-refractivity contribution >= 4 is 5.97 Å². The third-order valence-corrected chi connectivity index (χ3v) is 8.30. The van der Waals surface area contributed by atoms with E-state index in [0.717, 1.165) is 19.3 Å². The maximum Gasteiger partial charge on any atom is 0.306 e. The van der Waals surface area contributed by atoms with E-state index in [0.29, 0.717) is 6.42 Å². The molecule has 0 aliphatic carbocycles. The minimum absolute atomic E-state index is 0.0588. The van der Waals surface area contributed by atoms with Crippen molar-refractivity contribution in [2.45, 2.75) is 164 Å². The molecule has 0 saturated carbocycles. The Morgan fingerprint density at radius 3 is 1.64 bits per heavy atom. The molecular weight excluding hydrogens is 552 g/mol. The van der Waals surface area contributed by atoms with Crippen LogP contribution in [0.1, 0.15) is 110 Å². The molecular formula is C30H56O12. The number of esters is 1. The second kappa shape index (κ2) is 20.2. The lowest BCUT2D eigenvalue weighted by Gasteiger charge is -2.44. The molecule has 248 valence electrons. The normalized spacial score (nSPS) is 33.2. The van der Waals surface area contributed by atoms with Gasteiger partial charge in [0.2, 0.25) is 12.1 Å². The van der Waals surface area contributed by atoms with Crippen molar-refractivity contribution in [3.8, 4) is 0 Å². The smallest absolute Gasteiger partial charge is 0.306 e. The summed E-state index contributed by atoms with van der Waals surface area (Å²) < 4.78 is 21.9. The molecule has 0 aromatic rings. The van der Waals surface area contributed by atoms with E-state index in [1.54, 1.807) is 0 Å². The minimum Gasteiger partial charge on any atom is -0.454 e. The lowest BCUT2D eigenvalue weighted by molar-refractivity contribution is -0.384. The van der Waals surface area contributed by atoms with E-state index in [9.17, 15) is 40.5 Å². The van der Waals surface area contributed by atoms with Crippen LogP contribution < -0.4 is 0 Å².